The second-order valence-electron chi connectivity index (χ2n) is 9.63. The second kappa shape index (κ2) is 9.70. The third-order valence-corrected chi connectivity index (χ3v) is 7.73. The van der Waals surface area contributed by atoms with Crippen LogP contribution in [0.5, 0.6) is 0 Å². The maximum Gasteiger partial charge on any atom is 0.272 e. The fraction of sp³-hybridized carbons (Fsp3) is 0.462. The molecular formula is C26H31N5O2S. The van der Waals surface area contributed by atoms with Gasteiger partial charge in [0.05, 0.1) is 12.1 Å². The molecule has 1 N–H and O–H groups in total. The SMILES string of the molecule is CC(C)Cn1nc(C(=O)NCc2cccnc2)c2c1CCN(C(=O)c1csc3c1CCCC3)C2. The molecule has 3 aromatic rings. The minimum Gasteiger partial charge on any atom is -0.346 e. The van der Waals surface area contributed by atoms with Crippen LogP contribution in [0, 0.1) is 5.92 Å². The summed E-state index contributed by atoms with van der Waals surface area (Å²) in [5.74, 6) is 0.292. The van der Waals surface area contributed by atoms with Crippen LogP contribution in [0.1, 0.15) is 74.8 Å². The van der Waals surface area contributed by atoms with Gasteiger partial charge >= 0.3 is 0 Å². The Labute approximate surface area is 204 Å². The highest BCUT2D eigenvalue weighted by Crippen LogP contribution is 2.32. The van der Waals surface area contributed by atoms with Crippen LogP contribution >= 0.6 is 11.3 Å². The van der Waals surface area contributed by atoms with Gasteiger partial charge in [0.15, 0.2) is 5.69 Å². The normalized spacial score (nSPS) is 15.2. The van der Waals surface area contributed by atoms with Crippen molar-refractivity contribution in [3.05, 3.63) is 68.4 Å². The van der Waals surface area contributed by atoms with Crippen LogP contribution in [0.2, 0.25) is 0 Å². The lowest BCUT2D eigenvalue weighted by molar-refractivity contribution is 0.0729. The van der Waals surface area contributed by atoms with Gasteiger partial charge in [-0.25, -0.2) is 0 Å². The molecule has 0 spiro atoms. The van der Waals surface area contributed by atoms with Gasteiger partial charge in [0, 0.05) is 60.0 Å². The first-order valence-corrected chi connectivity index (χ1v) is 13.0. The summed E-state index contributed by atoms with van der Waals surface area (Å²) in [4.78, 5) is 34.1. The van der Waals surface area contributed by atoms with Gasteiger partial charge in [-0.05, 0) is 48.8 Å². The Morgan fingerprint density at radius 1 is 1.18 bits per heavy atom. The minimum absolute atomic E-state index is 0.0865. The van der Waals surface area contributed by atoms with Crippen molar-refractivity contribution in [3.63, 3.8) is 0 Å². The predicted octanol–water partition coefficient (Wildman–Crippen LogP) is 4.00. The monoisotopic (exact) mass is 477 g/mol. The summed E-state index contributed by atoms with van der Waals surface area (Å²) in [5.41, 5.74) is 5.44. The Balaban J connectivity index is 1.39. The molecule has 1 aliphatic heterocycles. The van der Waals surface area contributed by atoms with E-state index in [4.69, 9.17) is 5.10 Å². The van der Waals surface area contributed by atoms with Gasteiger partial charge in [-0.15, -0.1) is 11.3 Å². The molecule has 0 aromatic carbocycles. The number of aromatic nitrogens is 3. The van der Waals surface area contributed by atoms with Crippen LogP contribution in [0.3, 0.4) is 0 Å². The molecule has 0 saturated carbocycles. The number of thiophene rings is 1. The fourth-order valence-electron chi connectivity index (χ4n) is 4.96. The first-order chi connectivity index (χ1) is 16.5. The Hall–Kier alpha value is -3.00. The maximum atomic E-state index is 13.5. The second-order valence-corrected chi connectivity index (χ2v) is 10.6. The zero-order chi connectivity index (χ0) is 23.7. The molecule has 34 heavy (non-hydrogen) atoms. The molecule has 1 aliphatic carbocycles. The molecule has 3 aromatic heterocycles. The van der Waals surface area contributed by atoms with E-state index < -0.39 is 0 Å². The lowest BCUT2D eigenvalue weighted by Crippen LogP contribution is -2.37. The van der Waals surface area contributed by atoms with Crippen molar-refractivity contribution in [3.8, 4) is 0 Å². The Bertz CT molecular complexity index is 1200. The molecule has 7 nitrogen and oxygen atoms in total. The summed E-state index contributed by atoms with van der Waals surface area (Å²) in [7, 11) is 0. The molecule has 2 amide bonds. The highest BCUT2D eigenvalue weighted by Gasteiger charge is 2.32. The van der Waals surface area contributed by atoms with Crippen molar-refractivity contribution in [1.82, 2.24) is 25.0 Å². The fourth-order valence-corrected chi connectivity index (χ4v) is 6.08. The van der Waals surface area contributed by atoms with E-state index >= 15 is 0 Å². The van der Waals surface area contributed by atoms with E-state index in [1.54, 1.807) is 23.7 Å². The third-order valence-electron chi connectivity index (χ3n) is 6.64. The number of carbonyl (C=O) groups is 2. The number of carbonyl (C=O) groups excluding carboxylic acids is 2. The molecule has 0 fully saturated rings. The molecule has 0 radical (unpaired) electrons. The highest BCUT2D eigenvalue weighted by atomic mass is 32.1. The summed E-state index contributed by atoms with van der Waals surface area (Å²) in [6.07, 6.45) is 8.61. The summed E-state index contributed by atoms with van der Waals surface area (Å²) in [5, 5.41) is 9.75. The Morgan fingerprint density at radius 3 is 2.82 bits per heavy atom. The largest absolute Gasteiger partial charge is 0.346 e. The number of rotatable bonds is 6. The number of pyridine rings is 1. The van der Waals surface area contributed by atoms with Crippen LogP contribution < -0.4 is 5.32 Å². The minimum atomic E-state index is -0.204. The number of hydrogen-bond donors (Lipinski definition) is 1. The lowest BCUT2D eigenvalue weighted by Gasteiger charge is -2.28. The van der Waals surface area contributed by atoms with Crippen LogP contribution in [0.15, 0.2) is 29.9 Å². The lowest BCUT2D eigenvalue weighted by atomic mass is 9.95. The van der Waals surface area contributed by atoms with E-state index in [0.717, 1.165) is 48.2 Å². The molecule has 2 aliphatic rings. The maximum absolute atomic E-state index is 13.5. The van der Waals surface area contributed by atoms with Gasteiger partial charge in [0.2, 0.25) is 0 Å². The third kappa shape index (κ3) is 4.51. The first kappa shape index (κ1) is 22.8. The van der Waals surface area contributed by atoms with Crippen molar-refractivity contribution in [2.45, 2.75) is 65.6 Å². The molecule has 0 unspecified atom stereocenters. The molecule has 0 bridgehead atoms. The summed E-state index contributed by atoms with van der Waals surface area (Å²) in [6, 6.07) is 3.79. The smallest absolute Gasteiger partial charge is 0.272 e. The number of aryl methyl sites for hydroxylation is 1. The van der Waals surface area contributed by atoms with E-state index in [2.05, 4.69) is 24.1 Å². The number of fused-ring (bicyclic) bond motifs is 2. The Morgan fingerprint density at radius 2 is 2.03 bits per heavy atom. The molecule has 178 valence electrons. The predicted molar refractivity (Wildman–Crippen MR) is 132 cm³/mol. The highest BCUT2D eigenvalue weighted by molar-refractivity contribution is 7.10. The van der Waals surface area contributed by atoms with Gasteiger partial charge in [-0.2, -0.15) is 5.10 Å². The van der Waals surface area contributed by atoms with E-state index in [0.29, 0.717) is 37.7 Å². The molecule has 0 saturated heterocycles. The van der Waals surface area contributed by atoms with E-state index in [1.165, 1.54) is 16.9 Å². The van der Waals surface area contributed by atoms with Crippen molar-refractivity contribution in [1.29, 1.82) is 0 Å². The van der Waals surface area contributed by atoms with E-state index in [9.17, 15) is 9.59 Å². The van der Waals surface area contributed by atoms with Gasteiger partial charge in [-0.1, -0.05) is 19.9 Å². The quantitative estimate of drug-likeness (QED) is 0.582. The molecule has 5 rings (SSSR count). The molecular weight excluding hydrogens is 446 g/mol. The van der Waals surface area contributed by atoms with Crippen LogP contribution in [0.4, 0.5) is 0 Å². The molecule has 0 atom stereocenters. The van der Waals surface area contributed by atoms with Crippen molar-refractivity contribution >= 4 is 23.2 Å². The summed E-state index contributed by atoms with van der Waals surface area (Å²) in [6.45, 7) is 6.51. The van der Waals surface area contributed by atoms with Gasteiger partial charge in [0.25, 0.3) is 11.8 Å². The van der Waals surface area contributed by atoms with E-state index in [1.807, 2.05) is 27.1 Å². The average Bonchev–Trinajstić information content (AvgIpc) is 3.44. The van der Waals surface area contributed by atoms with Gasteiger partial charge in [-0.3, -0.25) is 19.3 Å². The number of hydrogen-bond acceptors (Lipinski definition) is 5. The topological polar surface area (TPSA) is 80.1 Å². The van der Waals surface area contributed by atoms with Crippen molar-refractivity contribution in [2.75, 3.05) is 6.54 Å². The summed E-state index contributed by atoms with van der Waals surface area (Å²) >= 11 is 1.72. The van der Waals surface area contributed by atoms with Crippen molar-refractivity contribution in [2.24, 2.45) is 5.92 Å². The first-order valence-electron chi connectivity index (χ1n) is 12.2. The summed E-state index contributed by atoms with van der Waals surface area (Å²) < 4.78 is 1.98. The van der Waals surface area contributed by atoms with Crippen LogP contribution in [-0.2, 0) is 38.9 Å². The number of amides is 2. The zero-order valence-corrected chi connectivity index (χ0v) is 20.7. The van der Waals surface area contributed by atoms with Crippen LogP contribution in [0.25, 0.3) is 0 Å². The molecule has 4 heterocycles. The standard InChI is InChI=1S/C26H31N5O2S/c1-17(2)14-31-22-9-11-30(26(33)21-16-34-23-8-4-3-7-19(21)23)15-20(22)24(29-31)25(32)28-13-18-6-5-10-27-12-18/h5-6,10,12,16-17H,3-4,7-9,11,13-15H2,1-2H3,(H,28,32). The number of nitrogens with zero attached hydrogens (tertiary/aromatic N) is 4. The zero-order valence-electron chi connectivity index (χ0n) is 19.8. The average molecular weight is 478 g/mol. The number of nitrogens with one attached hydrogen (secondary N) is 1. The van der Waals surface area contributed by atoms with Crippen molar-refractivity contribution < 1.29 is 9.59 Å². The molecule has 8 heteroatoms. The van der Waals surface area contributed by atoms with E-state index in [-0.39, 0.29) is 11.8 Å². The van der Waals surface area contributed by atoms with Crippen LogP contribution in [-0.4, -0.2) is 38.0 Å². The van der Waals surface area contributed by atoms with Gasteiger partial charge < -0.3 is 10.2 Å². The van der Waals surface area contributed by atoms with Gasteiger partial charge in [0.1, 0.15) is 0 Å². The Kier molecular flexibility index (Phi) is 6.50.